The number of rotatable bonds is 3. The van der Waals surface area contributed by atoms with E-state index in [1.807, 2.05) is 0 Å². The fourth-order valence-corrected chi connectivity index (χ4v) is 1.88. The third-order valence-electron chi connectivity index (χ3n) is 3.00. The van der Waals surface area contributed by atoms with Gasteiger partial charge in [-0.15, -0.1) is 0 Å². The molecule has 0 aromatic heterocycles. The van der Waals surface area contributed by atoms with E-state index in [1.54, 1.807) is 38.1 Å². The molecule has 2 aromatic carbocycles. The number of carbonyl (C=O) groups is 1. The molecule has 2 N–H and O–H groups in total. The van der Waals surface area contributed by atoms with Gasteiger partial charge < -0.3 is 10.4 Å². The molecule has 0 atom stereocenters. The zero-order valence-corrected chi connectivity index (χ0v) is 10.7. The van der Waals surface area contributed by atoms with Gasteiger partial charge in [-0.25, -0.2) is 9.18 Å². The minimum atomic E-state index is -0.953. The summed E-state index contributed by atoms with van der Waals surface area (Å²) >= 11 is 0. The zero-order valence-electron chi connectivity index (χ0n) is 10.7. The lowest BCUT2D eigenvalue weighted by molar-refractivity contribution is 0.0696. The van der Waals surface area contributed by atoms with Crippen LogP contribution in [0.5, 0.6) is 0 Å². The minimum absolute atomic E-state index is 0.265. The van der Waals surface area contributed by atoms with E-state index in [0.29, 0.717) is 16.8 Å². The Kier molecular flexibility index (Phi) is 3.51. The monoisotopic (exact) mass is 259 g/mol. The summed E-state index contributed by atoms with van der Waals surface area (Å²) < 4.78 is 13.4. The second kappa shape index (κ2) is 5.10. The van der Waals surface area contributed by atoms with Crippen LogP contribution in [0.3, 0.4) is 0 Å². The highest BCUT2D eigenvalue weighted by Crippen LogP contribution is 2.24. The van der Waals surface area contributed by atoms with Crippen LogP contribution in [0.1, 0.15) is 21.5 Å². The topological polar surface area (TPSA) is 49.3 Å². The van der Waals surface area contributed by atoms with Gasteiger partial charge in [0.1, 0.15) is 5.82 Å². The van der Waals surface area contributed by atoms with E-state index in [2.05, 4.69) is 5.32 Å². The Morgan fingerprint density at radius 1 is 1.21 bits per heavy atom. The second-order valence-corrected chi connectivity index (χ2v) is 4.37. The minimum Gasteiger partial charge on any atom is -0.478 e. The molecular weight excluding hydrogens is 245 g/mol. The third kappa shape index (κ3) is 2.73. The molecule has 0 radical (unpaired) electrons. The summed E-state index contributed by atoms with van der Waals surface area (Å²) in [5, 5.41) is 12.0. The lowest BCUT2D eigenvalue weighted by Crippen LogP contribution is -2.01. The van der Waals surface area contributed by atoms with Crippen LogP contribution in [0.25, 0.3) is 0 Å². The number of carboxylic acid groups (broad SMARTS) is 1. The lowest BCUT2D eigenvalue weighted by Gasteiger charge is -2.11. The van der Waals surface area contributed by atoms with Crippen LogP contribution in [0, 0.1) is 19.7 Å². The van der Waals surface area contributed by atoms with Gasteiger partial charge in [0.25, 0.3) is 0 Å². The van der Waals surface area contributed by atoms with Gasteiger partial charge >= 0.3 is 5.97 Å². The van der Waals surface area contributed by atoms with Crippen LogP contribution >= 0.6 is 0 Å². The smallest absolute Gasteiger partial charge is 0.335 e. The normalized spacial score (nSPS) is 10.3. The summed E-state index contributed by atoms with van der Waals surface area (Å²) in [7, 11) is 0. The van der Waals surface area contributed by atoms with E-state index in [1.165, 1.54) is 12.1 Å². The maximum absolute atomic E-state index is 13.4. The number of anilines is 2. The predicted octanol–water partition coefficient (Wildman–Crippen LogP) is 3.88. The zero-order chi connectivity index (χ0) is 14.0. The van der Waals surface area contributed by atoms with Crippen LogP contribution in [0.15, 0.2) is 36.4 Å². The van der Waals surface area contributed by atoms with Crippen molar-refractivity contribution >= 4 is 17.3 Å². The van der Waals surface area contributed by atoms with E-state index < -0.39 is 5.97 Å². The van der Waals surface area contributed by atoms with Gasteiger partial charge in [0, 0.05) is 16.9 Å². The Labute approximate surface area is 110 Å². The molecule has 2 rings (SSSR count). The number of benzene rings is 2. The Morgan fingerprint density at radius 3 is 2.58 bits per heavy atom. The summed E-state index contributed by atoms with van der Waals surface area (Å²) in [5.41, 5.74) is 2.86. The second-order valence-electron chi connectivity index (χ2n) is 4.37. The quantitative estimate of drug-likeness (QED) is 0.879. The first-order valence-corrected chi connectivity index (χ1v) is 5.85. The molecule has 0 aliphatic rings. The fourth-order valence-electron chi connectivity index (χ4n) is 1.88. The van der Waals surface area contributed by atoms with Crippen molar-refractivity contribution in [2.24, 2.45) is 0 Å². The van der Waals surface area contributed by atoms with Crippen molar-refractivity contribution in [3.63, 3.8) is 0 Å². The molecule has 0 bridgehead atoms. The highest BCUT2D eigenvalue weighted by Gasteiger charge is 2.08. The van der Waals surface area contributed by atoms with Crippen molar-refractivity contribution < 1.29 is 14.3 Å². The number of aryl methyl sites for hydroxylation is 1. The number of hydrogen-bond donors (Lipinski definition) is 2. The summed E-state index contributed by atoms with van der Waals surface area (Å²) in [4.78, 5) is 10.9. The van der Waals surface area contributed by atoms with Gasteiger partial charge in [-0.2, -0.15) is 0 Å². The van der Waals surface area contributed by atoms with Gasteiger partial charge in [-0.1, -0.05) is 6.07 Å². The summed E-state index contributed by atoms with van der Waals surface area (Å²) in [6, 6.07) is 9.74. The Balaban J connectivity index is 2.32. The number of nitrogens with one attached hydrogen (secondary N) is 1. The van der Waals surface area contributed by atoms with Crippen molar-refractivity contribution in [1.29, 1.82) is 0 Å². The van der Waals surface area contributed by atoms with Crippen LogP contribution in [0.2, 0.25) is 0 Å². The van der Waals surface area contributed by atoms with Gasteiger partial charge in [0.05, 0.1) is 5.56 Å². The maximum atomic E-state index is 13.4. The van der Waals surface area contributed by atoms with Gasteiger partial charge in [0.15, 0.2) is 0 Å². The highest BCUT2D eigenvalue weighted by molar-refractivity contribution is 5.90. The summed E-state index contributed by atoms with van der Waals surface area (Å²) in [5.74, 6) is -1.23. The molecule has 4 heteroatoms. The lowest BCUT2D eigenvalue weighted by atomic mass is 10.1. The van der Waals surface area contributed by atoms with E-state index in [-0.39, 0.29) is 11.4 Å². The summed E-state index contributed by atoms with van der Waals surface area (Å²) in [6.07, 6.45) is 0. The van der Waals surface area contributed by atoms with Crippen molar-refractivity contribution in [2.75, 3.05) is 5.32 Å². The molecule has 0 unspecified atom stereocenters. The molecule has 0 saturated heterocycles. The molecule has 0 amide bonds. The van der Waals surface area contributed by atoms with E-state index in [4.69, 9.17) is 5.11 Å². The number of aromatic carboxylic acids is 1. The average Bonchev–Trinajstić information content (AvgIpc) is 2.34. The molecule has 0 heterocycles. The van der Waals surface area contributed by atoms with E-state index >= 15 is 0 Å². The van der Waals surface area contributed by atoms with E-state index in [9.17, 15) is 9.18 Å². The summed E-state index contributed by atoms with van der Waals surface area (Å²) in [6.45, 7) is 3.42. The first-order chi connectivity index (χ1) is 8.99. The van der Waals surface area contributed by atoms with Crippen LogP contribution < -0.4 is 5.32 Å². The molecule has 2 aromatic rings. The van der Waals surface area contributed by atoms with Crippen LogP contribution in [-0.2, 0) is 0 Å². The predicted molar refractivity (Wildman–Crippen MR) is 72.6 cm³/mol. The molecule has 19 heavy (non-hydrogen) atoms. The van der Waals surface area contributed by atoms with Crippen molar-refractivity contribution in [3.8, 4) is 0 Å². The molecular formula is C15H14FNO2. The molecule has 0 fully saturated rings. The van der Waals surface area contributed by atoms with Gasteiger partial charge in [-0.3, -0.25) is 0 Å². The average molecular weight is 259 g/mol. The first-order valence-electron chi connectivity index (χ1n) is 5.85. The van der Waals surface area contributed by atoms with Crippen molar-refractivity contribution in [3.05, 3.63) is 58.9 Å². The Morgan fingerprint density at radius 2 is 1.95 bits per heavy atom. The van der Waals surface area contributed by atoms with Gasteiger partial charge in [0.2, 0.25) is 0 Å². The Hall–Kier alpha value is -2.36. The molecule has 0 saturated carbocycles. The first kappa shape index (κ1) is 13.1. The molecule has 0 spiro atoms. The third-order valence-corrected chi connectivity index (χ3v) is 3.00. The Bertz CT molecular complexity index is 638. The van der Waals surface area contributed by atoms with Crippen LogP contribution in [0.4, 0.5) is 15.8 Å². The number of carboxylic acids is 1. The molecule has 3 nitrogen and oxygen atoms in total. The molecule has 0 aliphatic carbocycles. The molecule has 98 valence electrons. The largest absolute Gasteiger partial charge is 0.478 e. The number of halogens is 1. The molecule has 0 aliphatic heterocycles. The van der Waals surface area contributed by atoms with E-state index in [0.717, 1.165) is 5.69 Å². The fraction of sp³-hybridized carbons (Fsp3) is 0.133. The van der Waals surface area contributed by atoms with Crippen molar-refractivity contribution in [1.82, 2.24) is 0 Å². The van der Waals surface area contributed by atoms with Crippen molar-refractivity contribution in [2.45, 2.75) is 13.8 Å². The van der Waals surface area contributed by atoms with Crippen LogP contribution in [-0.4, -0.2) is 11.1 Å². The SMILES string of the molecule is Cc1cc(Nc2cccc(F)c2C)ccc1C(=O)O. The van der Waals surface area contributed by atoms with Gasteiger partial charge in [-0.05, 0) is 49.7 Å². The number of hydrogen-bond acceptors (Lipinski definition) is 2. The highest BCUT2D eigenvalue weighted by atomic mass is 19.1. The standard InChI is InChI=1S/C15H14FNO2/c1-9-8-11(6-7-12(9)15(18)19)17-14-5-3-4-13(16)10(14)2/h3-8,17H,1-2H3,(H,18,19). The maximum Gasteiger partial charge on any atom is 0.335 e.